The molecule has 0 aromatic carbocycles. The van der Waals surface area contributed by atoms with Gasteiger partial charge in [-0.15, -0.1) is 24.0 Å². The van der Waals surface area contributed by atoms with Gasteiger partial charge in [0.15, 0.2) is 5.96 Å². The van der Waals surface area contributed by atoms with Crippen molar-refractivity contribution in [1.29, 1.82) is 0 Å². The molecule has 1 saturated heterocycles. The molecule has 2 rings (SSSR count). The summed E-state index contributed by atoms with van der Waals surface area (Å²) in [6, 6.07) is 0.519. The molecule has 1 aliphatic heterocycles. The first-order valence-corrected chi connectivity index (χ1v) is 10.7. The Morgan fingerprint density at radius 2 is 2.04 bits per heavy atom. The number of halogens is 1. The molecule has 162 valence electrons. The average Bonchev–Trinajstić information content (AvgIpc) is 3.27. The number of aryl methyl sites for hydroxylation is 1. The molecule has 0 radical (unpaired) electrons. The summed E-state index contributed by atoms with van der Waals surface area (Å²) < 4.78 is 1.90. The second kappa shape index (κ2) is 12.7. The van der Waals surface area contributed by atoms with Gasteiger partial charge in [-0.2, -0.15) is 5.10 Å². The van der Waals surface area contributed by atoms with Crippen molar-refractivity contribution in [1.82, 2.24) is 24.9 Å². The molecule has 0 spiro atoms. The van der Waals surface area contributed by atoms with E-state index < -0.39 is 0 Å². The molecular weight excluding hydrogens is 463 g/mol. The molecule has 1 fully saturated rings. The van der Waals surface area contributed by atoms with E-state index in [-0.39, 0.29) is 24.0 Å². The van der Waals surface area contributed by atoms with Gasteiger partial charge in [0.1, 0.15) is 0 Å². The van der Waals surface area contributed by atoms with Crippen molar-refractivity contribution in [3.05, 3.63) is 18.0 Å². The Labute approximate surface area is 189 Å². The van der Waals surface area contributed by atoms with Crippen molar-refractivity contribution >= 4 is 29.9 Å². The van der Waals surface area contributed by atoms with Crippen LogP contribution < -0.4 is 5.32 Å². The molecule has 0 saturated carbocycles. The van der Waals surface area contributed by atoms with E-state index in [0.29, 0.717) is 17.9 Å². The second-order valence-electron chi connectivity index (χ2n) is 8.08. The minimum Gasteiger partial charge on any atom is -0.357 e. The van der Waals surface area contributed by atoms with Crippen LogP contribution in [0.25, 0.3) is 0 Å². The number of nitrogens with one attached hydrogen (secondary N) is 1. The van der Waals surface area contributed by atoms with Gasteiger partial charge in [-0.05, 0) is 44.3 Å². The van der Waals surface area contributed by atoms with E-state index in [1.54, 1.807) is 0 Å². The molecule has 7 heteroatoms. The third-order valence-corrected chi connectivity index (χ3v) is 5.54. The molecule has 0 aliphatic carbocycles. The number of aliphatic imine (C=N–C) groups is 1. The highest BCUT2D eigenvalue weighted by molar-refractivity contribution is 14.0. The minimum atomic E-state index is 0. The lowest BCUT2D eigenvalue weighted by molar-refractivity contribution is 0.196. The quantitative estimate of drug-likeness (QED) is 0.318. The standard InChI is InChI=1S/C21H40N6.HI/c1-7-22-21(23-14-20(12-17(4)5)26(8-2)9-3)27-11-10-18(16-27)19-13-24-25(6)15-19;/h13,15,17-18,20H,7-12,14,16H2,1-6H3,(H,22,23);1H. The number of likely N-dealkylation sites (N-methyl/N-ethyl adjacent to an activating group) is 1. The maximum atomic E-state index is 5.07. The smallest absolute Gasteiger partial charge is 0.193 e. The summed E-state index contributed by atoms with van der Waals surface area (Å²) in [7, 11) is 1.99. The molecule has 2 atom stereocenters. The first-order chi connectivity index (χ1) is 13.0. The topological polar surface area (TPSA) is 48.7 Å². The normalized spacial score (nSPS) is 18.6. The third kappa shape index (κ3) is 7.21. The van der Waals surface area contributed by atoms with Gasteiger partial charge in [-0.1, -0.05) is 27.7 Å². The molecule has 2 unspecified atom stereocenters. The zero-order valence-electron chi connectivity index (χ0n) is 18.7. The number of guanidine groups is 1. The second-order valence-corrected chi connectivity index (χ2v) is 8.08. The predicted octanol–water partition coefficient (Wildman–Crippen LogP) is 3.55. The van der Waals surface area contributed by atoms with Gasteiger partial charge in [0.05, 0.1) is 12.7 Å². The summed E-state index contributed by atoms with van der Waals surface area (Å²) >= 11 is 0. The van der Waals surface area contributed by atoms with Crippen molar-refractivity contribution in [2.24, 2.45) is 18.0 Å². The van der Waals surface area contributed by atoms with Crippen molar-refractivity contribution in [2.45, 2.75) is 59.4 Å². The van der Waals surface area contributed by atoms with Crippen LogP contribution in [0.4, 0.5) is 0 Å². The fraction of sp³-hybridized carbons (Fsp3) is 0.810. The molecule has 1 N–H and O–H groups in total. The van der Waals surface area contributed by atoms with E-state index in [2.05, 4.69) is 61.0 Å². The third-order valence-electron chi connectivity index (χ3n) is 5.54. The number of rotatable bonds is 9. The number of hydrogen-bond acceptors (Lipinski definition) is 3. The Morgan fingerprint density at radius 1 is 1.32 bits per heavy atom. The van der Waals surface area contributed by atoms with E-state index in [1.165, 1.54) is 18.4 Å². The van der Waals surface area contributed by atoms with Crippen LogP contribution in [0.2, 0.25) is 0 Å². The summed E-state index contributed by atoms with van der Waals surface area (Å²) in [5, 5.41) is 7.86. The minimum absolute atomic E-state index is 0. The van der Waals surface area contributed by atoms with Crippen molar-refractivity contribution in [2.75, 3.05) is 39.3 Å². The highest BCUT2D eigenvalue weighted by atomic mass is 127. The fourth-order valence-corrected chi connectivity index (χ4v) is 4.12. The molecule has 1 aromatic rings. The lowest BCUT2D eigenvalue weighted by atomic mass is 10.0. The van der Waals surface area contributed by atoms with Gasteiger partial charge in [0.2, 0.25) is 0 Å². The lowest BCUT2D eigenvalue weighted by Gasteiger charge is -2.30. The highest BCUT2D eigenvalue weighted by Gasteiger charge is 2.27. The number of hydrogen-bond donors (Lipinski definition) is 1. The summed E-state index contributed by atoms with van der Waals surface area (Å²) in [6.07, 6.45) is 6.53. The van der Waals surface area contributed by atoms with Crippen LogP contribution in [0.3, 0.4) is 0 Å². The van der Waals surface area contributed by atoms with E-state index >= 15 is 0 Å². The summed E-state index contributed by atoms with van der Waals surface area (Å²) in [5.41, 5.74) is 1.34. The lowest BCUT2D eigenvalue weighted by Crippen LogP contribution is -2.42. The van der Waals surface area contributed by atoms with Gasteiger partial charge in [-0.3, -0.25) is 14.6 Å². The Kier molecular flexibility index (Phi) is 11.4. The van der Waals surface area contributed by atoms with Gasteiger partial charge >= 0.3 is 0 Å². The Bertz CT molecular complexity index is 581. The Hall–Kier alpha value is -0.830. The molecule has 28 heavy (non-hydrogen) atoms. The molecule has 0 bridgehead atoms. The van der Waals surface area contributed by atoms with Crippen molar-refractivity contribution < 1.29 is 0 Å². The first-order valence-electron chi connectivity index (χ1n) is 10.7. The highest BCUT2D eigenvalue weighted by Crippen LogP contribution is 2.26. The van der Waals surface area contributed by atoms with Gasteiger partial charge < -0.3 is 10.2 Å². The largest absolute Gasteiger partial charge is 0.357 e. The summed E-state index contributed by atoms with van der Waals surface area (Å²) in [5.74, 6) is 2.32. The van der Waals surface area contributed by atoms with E-state index in [9.17, 15) is 0 Å². The van der Waals surface area contributed by atoms with Gasteiger partial charge in [0, 0.05) is 44.8 Å². The van der Waals surface area contributed by atoms with Crippen LogP contribution in [0, 0.1) is 5.92 Å². The fourth-order valence-electron chi connectivity index (χ4n) is 4.12. The molecule has 0 amide bonds. The zero-order valence-corrected chi connectivity index (χ0v) is 21.0. The average molecular weight is 505 g/mol. The maximum absolute atomic E-state index is 5.07. The van der Waals surface area contributed by atoms with Crippen LogP contribution in [0.1, 0.15) is 58.9 Å². The Balaban J connectivity index is 0.00000392. The first kappa shape index (κ1) is 25.2. The molecule has 1 aromatic heterocycles. The van der Waals surface area contributed by atoms with E-state index in [4.69, 9.17) is 4.99 Å². The molecule has 1 aliphatic rings. The summed E-state index contributed by atoms with van der Waals surface area (Å²) in [4.78, 5) is 10.0. The van der Waals surface area contributed by atoms with Gasteiger partial charge in [-0.25, -0.2) is 0 Å². The molecule has 6 nitrogen and oxygen atoms in total. The van der Waals surface area contributed by atoms with Crippen LogP contribution >= 0.6 is 24.0 Å². The van der Waals surface area contributed by atoms with Crippen LogP contribution in [-0.4, -0.2) is 70.9 Å². The monoisotopic (exact) mass is 504 g/mol. The zero-order chi connectivity index (χ0) is 19.8. The number of nitrogens with zero attached hydrogens (tertiary/aromatic N) is 5. The van der Waals surface area contributed by atoms with Crippen LogP contribution in [0.15, 0.2) is 17.4 Å². The number of likely N-dealkylation sites (tertiary alicyclic amines) is 1. The maximum Gasteiger partial charge on any atom is 0.193 e. The van der Waals surface area contributed by atoms with E-state index in [0.717, 1.165) is 45.2 Å². The van der Waals surface area contributed by atoms with Gasteiger partial charge in [0.25, 0.3) is 0 Å². The SMILES string of the molecule is CCNC(=NCC(CC(C)C)N(CC)CC)N1CCC(c2cnn(C)c2)C1.I. The Morgan fingerprint density at radius 3 is 2.57 bits per heavy atom. The molecular formula is C21H41IN6. The van der Waals surface area contributed by atoms with Crippen molar-refractivity contribution in [3.8, 4) is 0 Å². The van der Waals surface area contributed by atoms with E-state index in [1.807, 2.05) is 17.9 Å². The summed E-state index contributed by atoms with van der Waals surface area (Å²) in [6.45, 7) is 17.3. The van der Waals surface area contributed by atoms with Crippen molar-refractivity contribution in [3.63, 3.8) is 0 Å². The molecule has 2 heterocycles. The van der Waals surface area contributed by atoms with Crippen LogP contribution in [-0.2, 0) is 7.05 Å². The predicted molar refractivity (Wildman–Crippen MR) is 130 cm³/mol. The van der Waals surface area contributed by atoms with Crippen LogP contribution in [0.5, 0.6) is 0 Å². The number of aromatic nitrogens is 2.